The van der Waals surface area contributed by atoms with Crippen molar-refractivity contribution in [3.05, 3.63) is 23.8 Å². The van der Waals surface area contributed by atoms with Crippen molar-refractivity contribution in [2.75, 3.05) is 13.2 Å². The monoisotopic (exact) mass is 494 g/mol. The zero-order valence-corrected chi connectivity index (χ0v) is 20.5. The maximum absolute atomic E-state index is 17.1. The van der Waals surface area contributed by atoms with Crippen molar-refractivity contribution >= 4 is 29.5 Å². The van der Waals surface area contributed by atoms with Gasteiger partial charge in [0.2, 0.25) is 5.12 Å². The maximum atomic E-state index is 17.1. The van der Waals surface area contributed by atoms with E-state index in [1.807, 2.05) is 6.92 Å². The van der Waals surface area contributed by atoms with E-state index in [0.29, 0.717) is 38.9 Å². The third kappa shape index (κ3) is 3.09. The highest BCUT2D eigenvalue weighted by Gasteiger charge is 2.73. The molecule has 4 fully saturated rings. The first-order valence-corrected chi connectivity index (χ1v) is 12.8. The Morgan fingerprint density at radius 1 is 1.12 bits per heavy atom. The minimum Gasteiger partial charge on any atom is -0.449 e. The van der Waals surface area contributed by atoms with Crippen LogP contribution in [0.25, 0.3) is 0 Å². The number of fused-ring (bicyclic) bond motifs is 5. The van der Waals surface area contributed by atoms with Crippen molar-refractivity contribution < 1.29 is 32.6 Å². The highest BCUT2D eigenvalue weighted by atomic mass is 32.1. The van der Waals surface area contributed by atoms with Crippen molar-refractivity contribution in [3.8, 4) is 0 Å². The van der Waals surface area contributed by atoms with Gasteiger partial charge in [0, 0.05) is 30.0 Å². The summed E-state index contributed by atoms with van der Waals surface area (Å²) in [7, 11) is 0. The Morgan fingerprint density at radius 2 is 1.82 bits per heavy atom. The lowest BCUT2D eigenvalue weighted by atomic mass is 9.45. The fourth-order valence-corrected chi connectivity index (χ4v) is 8.24. The van der Waals surface area contributed by atoms with Gasteiger partial charge in [0.05, 0.1) is 5.92 Å². The molecule has 34 heavy (non-hydrogen) atoms. The van der Waals surface area contributed by atoms with Gasteiger partial charge in [0.15, 0.2) is 11.4 Å². The summed E-state index contributed by atoms with van der Waals surface area (Å²) in [4.78, 5) is 38.1. The van der Waals surface area contributed by atoms with E-state index in [1.54, 1.807) is 6.92 Å². The van der Waals surface area contributed by atoms with Crippen LogP contribution in [0.4, 0.5) is 8.78 Å². The number of hydrogen-bond donors (Lipinski definition) is 1. The molecule has 8 heteroatoms. The van der Waals surface area contributed by atoms with Gasteiger partial charge in [-0.05, 0) is 75.5 Å². The fourth-order valence-electron chi connectivity index (χ4n) is 7.83. The number of rotatable bonds is 3. The highest BCUT2D eigenvalue weighted by Crippen LogP contribution is 2.70. The first-order valence-electron chi connectivity index (χ1n) is 12.3. The molecule has 1 aliphatic heterocycles. The molecule has 186 valence electrons. The standard InChI is InChI=1S/C26H32F2O5S/c1-23-7-3-16(29)13-19(23)20(27)14-18-17-4-8-26(22(31)34,24(17,2)9-10-25(18,23)28)33-21(30)15-5-11-32-12-6-15/h3,7,13,15,17-18,20H,4-6,8-12,14H2,1-2H3,(H,31,34)/t17-,18-,20-,23-,24-,25+,26-/m0/s1. The molecule has 0 aromatic rings. The van der Waals surface area contributed by atoms with Gasteiger partial charge < -0.3 is 9.47 Å². The van der Waals surface area contributed by atoms with Gasteiger partial charge in [0.1, 0.15) is 11.8 Å². The number of alkyl halides is 2. The number of ether oxygens (including phenoxy) is 2. The van der Waals surface area contributed by atoms with Crippen molar-refractivity contribution in [3.63, 3.8) is 0 Å². The van der Waals surface area contributed by atoms with Crippen LogP contribution in [0.2, 0.25) is 0 Å². The number of halogens is 2. The Hall–Kier alpha value is -1.54. The summed E-state index contributed by atoms with van der Waals surface area (Å²) >= 11 is 4.18. The summed E-state index contributed by atoms with van der Waals surface area (Å²) in [5.74, 6) is -2.11. The van der Waals surface area contributed by atoms with Crippen molar-refractivity contribution in [2.45, 2.75) is 76.2 Å². The molecule has 0 N–H and O–H groups in total. The number of hydrogen-bond acceptors (Lipinski definition) is 5. The van der Waals surface area contributed by atoms with Crippen LogP contribution in [0.3, 0.4) is 0 Å². The normalized spacial score (nSPS) is 46.2. The van der Waals surface area contributed by atoms with Crippen LogP contribution in [0.1, 0.15) is 58.8 Å². The van der Waals surface area contributed by atoms with Crippen molar-refractivity contribution in [2.24, 2.45) is 28.6 Å². The molecular weight excluding hydrogens is 462 g/mol. The lowest BCUT2D eigenvalue weighted by Gasteiger charge is -2.61. The number of carbonyl (C=O) groups is 3. The molecule has 5 aliphatic rings. The van der Waals surface area contributed by atoms with Crippen LogP contribution >= 0.6 is 12.6 Å². The molecule has 1 saturated heterocycles. The first kappa shape index (κ1) is 24.2. The first-order chi connectivity index (χ1) is 16.0. The Morgan fingerprint density at radius 3 is 2.50 bits per heavy atom. The van der Waals surface area contributed by atoms with E-state index in [4.69, 9.17) is 9.47 Å². The average molecular weight is 495 g/mol. The van der Waals surface area contributed by atoms with E-state index >= 15 is 8.78 Å². The van der Waals surface area contributed by atoms with Crippen LogP contribution in [0.15, 0.2) is 23.8 Å². The molecular formula is C26H32F2O5S. The fraction of sp³-hybridized carbons (Fsp3) is 0.731. The molecule has 0 spiro atoms. The van der Waals surface area contributed by atoms with Gasteiger partial charge in [-0.1, -0.05) is 13.0 Å². The summed E-state index contributed by atoms with van der Waals surface area (Å²) in [5.41, 5.74) is -5.08. The summed E-state index contributed by atoms with van der Waals surface area (Å²) in [6, 6.07) is 0. The summed E-state index contributed by atoms with van der Waals surface area (Å²) < 4.78 is 43.9. The second-order valence-corrected chi connectivity index (χ2v) is 11.6. The maximum Gasteiger partial charge on any atom is 0.310 e. The van der Waals surface area contributed by atoms with Crippen LogP contribution in [-0.2, 0) is 23.9 Å². The predicted molar refractivity (Wildman–Crippen MR) is 124 cm³/mol. The molecule has 0 bridgehead atoms. The molecule has 4 aliphatic carbocycles. The van der Waals surface area contributed by atoms with Gasteiger partial charge in [-0.25, -0.2) is 8.78 Å². The smallest absolute Gasteiger partial charge is 0.310 e. The molecule has 7 atom stereocenters. The molecule has 5 rings (SSSR count). The number of allylic oxidation sites excluding steroid dienone is 4. The van der Waals surface area contributed by atoms with E-state index in [9.17, 15) is 14.4 Å². The van der Waals surface area contributed by atoms with Crippen LogP contribution in [-0.4, -0.2) is 47.5 Å². The lowest BCUT2D eigenvalue weighted by molar-refractivity contribution is -0.199. The van der Waals surface area contributed by atoms with E-state index < -0.39 is 45.3 Å². The SMILES string of the molecule is C[C@]12C=CC(=O)C=C1[C@@H](F)C[C@H]1[C@@H]3CC[C@](OC(=O)C4CCOCC4)(C(=O)S)[C@@]3(C)CC[C@@]12F. The van der Waals surface area contributed by atoms with Crippen LogP contribution in [0, 0.1) is 28.6 Å². The Bertz CT molecular complexity index is 990. The molecule has 5 nitrogen and oxygen atoms in total. The topological polar surface area (TPSA) is 69.7 Å². The number of ketones is 1. The second kappa shape index (κ2) is 7.99. The molecule has 1 heterocycles. The van der Waals surface area contributed by atoms with E-state index in [1.165, 1.54) is 18.2 Å². The van der Waals surface area contributed by atoms with Gasteiger partial charge in [0.25, 0.3) is 0 Å². The highest BCUT2D eigenvalue weighted by molar-refractivity contribution is 7.96. The quantitative estimate of drug-likeness (QED) is 0.462. The molecule has 0 aromatic carbocycles. The number of carbonyl (C=O) groups excluding carboxylic acids is 3. The van der Waals surface area contributed by atoms with Gasteiger partial charge in [-0.3, -0.25) is 14.4 Å². The van der Waals surface area contributed by atoms with E-state index in [-0.39, 0.29) is 42.5 Å². The van der Waals surface area contributed by atoms with Crippen LogP contribution in [0.5, 0.6) is 0 Å². The summed E-state index contributed by atoms with van der Waals surface area (Å²) in [6.07, 6.45) is 4.78. The molecule has 0 radical (unpaired) electrons. The Kier molecular flexibility index (Phi) is 5.68. The van der Waals surface area contributed by atoms with Gasteiger partial charge >= 0.3 is 5.97 Å². The van der Waals surface area contributed by atoms with Crippen LogP contribution < -0.4 is 0 Å². The van der Waals surface area contributed by atoms with E-state index in [2.05, 4.69) is 12.6 Å². The molecule has 0 unspecified atom stereocenters. The number of esters is 1. The molecule has 3 saturated carbocycles. The second-order valence-electron chi connectivity index (χ2n) is 11.2. The molecule has 0 aromatic heterocycles. The largest absolute Gasteiger partial charge is 0.449 e. The Balaban J connectivity index is 1.50. The summed E-state index contributed by atoms with van der Waals surface area (Å²) in [5, 5.41) is -0.521. The van der Waals surface area contributed by atoms with E-state index in [0.717, 1.165) is 0 Å². The van der Waals surface area contributed by atoms with Crippen molar-refractivity contribution in [1.29, 1.82) is 0 Å². The average Bonchev–Trinajstić information content (AvgIpc) is 3.10. The zero-order valence-electron chi connectivity index (χ0n) is 19.6. The molecule has 0 amide bonds. The van der Waals surface area contributed by atoms with Gasteiger partial charge in [-0.15, -0.1) is 12.6 Å². The predicted octanol–water partition coefficient (Wildman–Crippen LogP) is 4.50. The minimum atomic E-state index is -1.76. The minimum absolute atomic E-state index is 0.0515. The van der Waals surface area contributed by atoms with Crippen molar-refractivity contribution in [1.82, 2.24) is 0 Å². The number of thiol groups is 1. The third-order valence-corrected chi connectivity index (χ3v) is 10.3. The Labute approximate surface area is 204 Å². The summed E-state index contributed by atoms with van der Waals surface area (Å²) in [6.45, 7) is 4.50. The zero-order chi connectivity index (χ0) is 24.5. The van der Waals surface area contributed by atoms with Gasteiger partial charge in [-0.2, -0.15) is 0 Å². The third-order valence-electron chi connectivity index (χ3n) is 9.94. The lowest BCUT2D eigenvalue weighted by Crippen LogP contribution is -2.65.